The molecule has 2 unspecified atom stereocenters. The Hall–Kier alpha value is -1.02. The third-order valence-electron chi connectivity index (χ3n) is 4.08. The van der Waals surface area contributed by atoms with Crippen molar-refractivity contribution in [1.29, 1.82) is 0 Å². The molecule has 1 heterocycles. The van der Waals surface area contributed by atoms with Crippen LogP contribution in [-0.2, 0) is 0 Å². The number of fused-ring (bicyclic) bond motifs is 1. The maximum Gasteiger partial charge on any atom is 0.125 e. The summed E-state index contributed by atoms with van der Waals surface area (Å²) in [7, 11) is 0. The Morgan fingerprint density at radius 2 is 1.89 bits per heavy atom. The van der Waals surface area contributed by atoms with Crippen molar-refractivity contribution in [3.63, 3.8) is 0 Å². The topological polar surface area (TPSA) is 21.3 Å². The summed E-state index contributed by atoms with van der Waals surface area (Å²) in [5, 5.41) is 3.68. The molecule has 1 aliphatic heterocycles. The summed E-state index contributed by atoms with van der Waals surface area (Å²) in [5.41, 5.74) is 1.12. The van der Waals surface area contributed by atoms with Crippen LogP contribution in [0.4, 0.5) is 0 Å². The first-order valence-electron chi connectivity index (χ1n) is 6.93. The highest BCUT2D eigenvalue weighted by atomic mass is 16.5. The van der Waals surface area contributed by atoms with Crippen molar-refractivity contribution < 1.29 is 4.74 Å². The number of rotatable bonds is 4. The monoisotopic (exact) mass is 247 g/mol. The van der Waals surface area contributed by atoms with Crippen molar-refractivity contribution in [2.45, 2.75) is 46.3 Å². The van der Waals surface area contributed by atoms with E-state index in [9.17, 15) is 0 Å². The number of nitrogens with one attached hydrogen (secondary N) is 1. The van der Waals surface area contributed by atoms with Gasteiger partial charge in [0.1, 0.15) is 11.4 Å². The molecule has 1 aliphatic rings. The first kappa shape index (κ1) is 13.4. The van der Waals surface area contributed by atoms with Crippen LogP contribution in [0.25, 0.3) is 0 Å². The molecular weight excluding hydrogens is 222 g/mol. The maximum absolute atomic E-state index is 6.04. The maximum atomic E-state index is 6.04. The van der Waals surface area contributed by atoms with Gasteiger partial charge in [-0.1, -0.05) is 39.0 Å². The van der Waals surface area contributed by atoms with Crippen molar-refractivity contribution in [3.05, 3.63) is 29.8 Å². The molecule has 0 radical (unpaired) electrons. The van der Waals surface area contributed by atoms with E-state index in [1.165, 1.54) is 5.56 Å². The van der Waals surface area contributed by atoms with E-state index in [4.69, 9.17) is 4.74 Å². The number of hydrogen-bond donors (Lipinski definition) is 1. The average Bonchev–Trinajstić information content (AvgIpc) is 2.55. The lowest BCUT2D eigenvalue weighted by Crippen LogP contribution is -2.41. The van der Waals surface area contributed by atoms with E-state index in [0.29, 0.717) is 11.8 Å². The summed E-state index contributed by atoms with van der Waals surface area (Å²) in [5.74, 6) is 2.41. The lowest BCUT2D eigenvalue weighted by Gasteiger charge is -2.29. The number of benzene rings is 1. The van der Waals surface area contributed by atoms with Gasteiger partial charge in [-0.15, -0.1) is 0 Å². The van der Waals surface area contributed by atoms with Crippen LogP contribution >= 0.6 is 0 Å². The van der Waals surface area contributed by atoms with Crippen molar-refractivity contribution in [1.82, 2.24) is 5.32 Å². The summed E-state index contributed by atoms with van der Waals surface area (Å²) in [4.78, 5) is 0. The van der Waals surface area contributed by atoms with Gasteiger partial charge in [0, 0.05) is 5.56 Å². The highest BCUT2D eigenvalue weighted by Gasteiger charge is 2.40. The Labute approximate surface area is 111 Å². The summed E-state index contributed by atoms with van der Waals surface area (Å²) >= 11 is 0. The molecule has 1 aromatic carbocycles. The molecule has 1 N–H and O–H groups in total. The summed E-state index contributed by atoms with van der Waals surface area (Å²) in [6, 6.07) is 8.64. The van der Waals surface area contributed by atoms with Gasteiger partial charge < -0.3 is 10.1 Å². The zero-order valence-electron chi connectivity index (χ0n) is 12.2. The minimum atomic E-state index is -0.166. The fraction of sp³-hybridized carbons (Fsp3) is 0.625. The second-order valence-corrected chi connectivity index (χ2v) is 6.31. The Morgan fingerprint density at radius 1 is 1.22 bits per heavy atom. The SMILES string of the molecule is CC(C)C(C)CNC1c2ccccc2OC1(C)C. The van der Waals surface area contributed by atoms with Crippen LogP contribution in [0.2, 0.25) is 0 Å². The average molecular weight is 247 g/mol. The zero-order chi connectivity index (χ0) is 13.3. The Balaban J connectivity index is 2.11. The lowest BCUT2D eigenvalue weighted by molar-refractivity contribution is 0.0937. The van der Waals surface area contributed by atoms with Gasteiger partial charge in [-0.2, -0.15) is 0 Å². The minimum Gasteiger partial charge on any atom is -0.486 e. The third-order valence-corrected chi connectivity index (χ3v) is 4.08. The van der Waals surface area contributed by atoms with Crippen LogP contribution in [0.3, 0.4) is 0 Å². The molecule has 0 aliphatic carbocycles. The second-order valence-electron chi connectivity index (χ2n) is 6.31. The van der Waals surface area contributed by atoms with Crippen molar-refractivity contribution >= 4 is 0 Å². The quantitative estimate of drug-likeness (QED) is 0.874. The highest BCUT2D eigenvalue weighted by molar-refractivity contribution is 5.42. The molecule has 0 aromatic heterocycles. The third kappa shape index (κ3) is 2.54. The molecule has 2 nitrogen and oxygen atoms in total. The van der Waals surface area contributed by atoms with E-state index in [1.54, 1.807) is 0 Å². The van der Waals surface area contributed by atoms with Gasteiger partial charge in [0.25, 0.3) is 0 Å². The number of para-hydroxylation sites is 1. The van der Waals surface area contributed by atoms with E-state index in [1.807, 2.05) is 6.07 Å². The molecule has 2 heteroatoms. The zero-order valence-corrected chi connectivity index (χ0v) is 12.2. The van der Waals surface area contributed by atoms with Crippen molar-refractivity contribution in [2.24, 2.45) is 11.8 Å². The summed E-state index contributed by atoms with van der Waals surface area (Å²) < 4.78 is 6.04. The molecule has 0 saturated heterocycles. The van der Waals surface area contributed by atoms with Crippen LogP contribution in [0, 0.1) is 11.8 Å². The van der Waals surface area contributed by atoms with Gasteiger partial charge in [-0.25, -0.2) is 0 Å². The standard InChI is InChI=1S/C16H25NO/c1-11(2)12(3)10-17-15-13-8-6-7-9-14(13)18-16(15,4)5/h6-9,11-12,15,17H,10H2,1-5H3. The van der Waals surface area contributed by atoms with E-state index in [0.717, 1.165) is 12.3 Å². The first-order valence-corrected chi connectivity index (χ1v) is 6.93. The molecule has 0 fully saturated rings. The molecule has 2 atom stereocenters. The second kappa shape index (κ2) is 4.93. The molecule has 0 spiro atoms. The Bertz CT molecular complexity index is 411. The molecular formula is C16H25NO. The van der Waals surface area contributed by atoms with E-state index >= 15 is 0 Å². The summed E-state index contributed by atoms with van der Waals surface area (Å²) in [6.07, 6.45) is 0. The fourth-order valence-corrected chi connectivity index (χ4v) is 2.42. The molecule has 100 valence electrons. The van der Waals surface area contributed by atoms with E-state index in [2.05, 4.69) is 58.1 Å². The molecule has 1 aromatic rings. The predicted octanol–water partition coefficient (Wildman–Crippen LogP) is 3.78. The fourth-order valence-electron chi connectivity index (χ4n) is 2.42. The highest BCUT2D eigenvalue weighted by Crippen LogP contribution is 2.42. The van der Waals surface area contributed by atoms with Crippen LogP contribution < -0.4 is 10.1 Å². The van der Waals surface area contributed by atoms with Crippen LogP contribution in [0.15, 0.2) is 24.3 Å². The van der Waals surface area contributed by atoms with E-state index < -0.39 is 0 Å². The molecule has 0 bridgehead atoms. The number of hydrogen-bond acceptors (Lipinski definition) is 2. The number of ether oxygens (including phenoxy) is 1. The smallest absolute Gasteiger partial charge is 0.125 e. The Morgan fingerprint density at radius 3 is 2.56 bits per heavy atom. The minimum absolute atomic E-state index is 0.166. The van der Waals surface area contributed by atoms with Crippen molar-refractivity contribution in [2.75, 3.05) is 6.54 Å². The summed E-state index contributed by atoms with van der Waals surface area (Å²) in [6.45, 7) is 12.2. The first-order chi connectivity index (χ1) is 8.42. The van der Waals surface area contributed by atoms with Gasteiger partial charge in [0.15, 0.2) is 0 Å². The molecule has 0 saturated carbocycles. The van der Waals surface area contributed by atoms with E-state index in [-0.39, 0.29) is 11.6 Å². The predicted molar refractivity (Wildman–Crippen MR) is 75.9 cm³/mol. The molecule has 18 heavy (non-hydrogen) atoms. The molecule has 0 amide bonds. The largest absolute Gasteiger partial charge is 0.486 e. The Kier molecular flexibility index (Phi) is 3.67. The van der Waals surface area contributed by atoms with Gasteiger partial charge in [-0.05, 0) is 38.3 Å². The lowest BCUT2D eigenvalue weighted by atomic mass is 9.92. The van der Waals surface area contributed by atoms with Gasteiger partial charge >= 0.3 is 0 Å². The van der Waals surface area contributed by atoms with Gasteiger partial charge in [-0.3, -0.25) is 0 Å². The van der Waals surface area contributed by atoms with Crippen LogP contribution in [-0.4, -0.2) is 12.1 Å². The van der Waals surface area contributed by atoms with Crippen molar-refractivity contribution in [3.8, 4) is 5.75 Å². The van der Waals surface area contributed by atoms with Crippen LogP contribution in [0.5, 0.6) is 5.75 Å². The normalized spacial score (nSPS) is 22.7. The van der Waals surface area contributed by atoms with Crippen LogP contribution in [0.1, 0.15) is 46.2 Å². The van der Waals surface area contributed by atoms with Gasteiger partial charge in [0.05, 0.1) is 6.04 Å². The molecule has 2 rings (SSSR count). The van der Waals surface area contributed by atoms with Gasteiger partial charge in [0.2, 0.25) is 0 Å².